The first kappa shape index (κ1) is 21.0. The molecule has 0 atom stereocenters. The Morgan fingerprint density at radius 3 is 2.40 bits per heavy atom. The molecule has 1 aromatic rings. The Labute approximate surface area is 151 Å². The van der Waals surface area contributed by atoms with Crippen LogP contribution in [0.4, 0.5) is 5.69 Å². The average molecular weight is 348 g/mol. The summed E-state index contributed by atoms with van der Waals surface area (Å²) in [6, 6.07) is 7.40. The summed E-state index contributed by atoms with van der Waals surface area (Å²) in [7, 11) is 0. The number of amides is 2. The fraction of sp³-hybridized carbons (Fsp3) is 0.600. The lowest BCUT2D eigenvalue weighted by atomic mass is 10.2. The van der Waals surface area contributed by atoms with E-state index in [-0.39, 0.29) is 11.8 Å². The van der Waals surface area contributed by atoms with Crippen molar-refractivity contribution in [1.29, 1.82) is 0 Å². The number of benzene rings is 1. The highest BCUT2D eigenvalue weighted by Gasteiger charge is 2.12. The maximum absolute atomic E-state index is 12.2. The lowest BCUT2D eigenvalue weighted by Gasteiger charge is -2.21. The molecular formula is C20H32N2O3. The molecule has 0 aliphatic carbocycles. The van der Waals surface area contributed by atoms with Gasteiger partial charge in [-0.2, -0.15) is 0 Å². The van der Waals surface area contributed by atoms with Crippen molar-refractivity contribution in [1.82, 2.24) is 4.90 Å². The predicted molar refractivity (Wildman–Crippen MR) is 102 cm³/mol. The molecule has 0 fully saturated rings. The second-order valence-electron chi connectivity index (χ2n) is 6.16. The van der Waals surface area contributed by atoms with Gasteiger partial charge in [0.2, 0.25) is 11.8 Å². The molecule has 2 amide bonds. The minimum Gasteiger partial charge on any atom is -0.494 e. The minimum atomic E-state index is -0.0713. The quantitative estimate of drug-likeness (QED) is 0.615. The molecule has 0 aliphatic heterocycles. The Bertz CT molecular complexity index is 525. The van der Waals surface area contributed by atoms with Gasteiger partial charge in [0.25, 0.3) is 0 Å². The number of hydrogen-bond donors (Lipinski definition) is 1. The monoisotopic (exact) mass is 348 g/mol. The second-order valence-corrected chi connectivity index (χ2v) is 6.16. The largest absolute Gasteiger partial charge is 0.494 e. The molecule has 0 unspecified atom stereocenters. The summed E-state index contributed by atoms with van der Waals surface area (Å²) < 4.78 is 5.56. The van der Waals surface area contributed by atoms with E-state index in [9.17, 15) is 9.59 Å². The Hall–Kier alpha value is -2.04. The van der Waals surface area contributed by atoms with Crippen LogP contribution in [-0.4, -0.2) is 36.4 Å². The number of carbonyl (C=O) groups excluding carboxylic acids is 2. The smallest absolute Gasteiger partial charge is 0.224 e. The van der Waals surface area contributed by atoms with Gasteiger partial charge in [0.15, 0.2) is 0 Å². The molecule has 0 heterocycles. The van der Waals surface area contributed by atoms with Crippen LogP contribution in [0, 0.1) is 0 Å². The molecule has 5 nitrogen and oxygen atoms in total. The lowest BCUT2D eigenvalue weighted by molar-refractivity contribution is -0.131. The van der Waals surface area contributed by atoms with E-state index >= 15 is 0 Å². The molecular weight excluding hydrogens is 316 g/mol. The summed E-state index contributed by atoms with van der Waals surface area (Å²) >= 11 is 0. The highest BCUT2D eigenvalue weighted by molar-refractivity contribution is 5.91. The summed E-state index contributed by atoms with van der Waals surface area (Å²) in [5.74, 6) is 0.828. The van der Waals surface area contributed by atoms with E-state index in [1.165, 1.54) is 0 Å². The van der Waals surface area contributed by atoms with Gasteiger partial charge in [-0.25, -0.2) is 0 Å². The third kappa shape index (κ3) is 8.57. The van der Waals surface area contributed by atoms with Crippen molar-refractivity contribution in [3.8, 4) is 5.75 Å². The first-order valence-electron chi connectivity index (χ1n) is 9.41. The predicted octanol–water partition coefficient (Wildman–Crippen LogP) is 4.23. The van der Waals surface area contributed by atoms with Gasteiger partial charge in [-0.3, -0.25) is 9.59 Å². The van der Waals surface area contributed by atoms with Crippen LogP contribution in [0.2, 0.25) is 0 Å². The van der Waals surface area contributed by atoms with E-state index in [0.29, 0.717) is 25.9 Å². The van der Waals surface area contributed by atoms with Gasteiger partial charge < -0.3 is 15.0 Å². The zero-order valence-corrected chi connectivity index (χ0v) is 15.8. The molecule has 25 heavy (non-hydrogen) atoms. The summed E-state index contributed by atoms with van der Waals surface area (Å²) in [5.41, 5.74) is 0.725. The fourth-order valence-electron chi connectivity index (χ4n) is 2.57. The zero-order chi connectivity index (χ0) is 18.5. The molecule has 1 aromatic carbocycles. The first-order valence-corrected chi connectivity index (χ1v) is 9.41. The van der Waals surface area contributed by atoms with Crippen molar-refractivity contribution in [2.75, 3.05) is 25.0 Å². The lowest BCUT2D eigenvalue weighted by Crippen LogP contribution is -2.32. The van der Waals surface area contributed by atoms with E-state index in [1.54, 1.807) is 0 Å². The molecule has 140 valence electrons. The second kappa shape index (κ2) is 12.3. The van der Waals surface area contributed by atoms with Crippen LogP contribution < -0.4 is 10.1 Å². The first-order chi connectivity index (χ1) is 12.1. The zero-order valence-electron chi connectivity index (χ0n) is 15.8. The van der Waals surface area contributed by atoms with Crippen molar-refractivity contribution in [2.45, 2.75) is 59.3 Å². The standard InChI is InChI=1S/C20H32N2O3/c1-4-13-22(14-5-2)20(24)12-8-11-19(23)21-17-9-7-10-18(16-17)25-15-6-3/h7,9-10,16H,4-6,8,11-15H2,1-3H3,(H,21,23). The van der Waals surface area contributed by atoms with Gasteiger partial charge in [0.05, 0.1) is 6.61 Å². The molecule has 0 saturated heterocycles. The van der Waals surface area contributed by atoms with Crippen LogP contribution in [0.25, 0.3) is 0 Å². The van der Waals surface area contributed by atoms with Crippen LogP contribution in [0.3, 0.4) is 0 Å². The minimum absolute atomic E-state index is 0.0713. The summed E-state index contributed by atoms with van der Waals surface area (Å²) in [6.45, 7) is 8.44. The number of carbonyl (C=O) groups is 2. The number of ether oxygens (including phenoxy) is 1. The van der Waals surface area contributed by atoms with Crippen molar-refractivity contribution < 1.29 is 14.3 Å². The van der Waals surface area contributed by atoms with Crippen molar-refractivity contribution in [3.63, 3.8) is 0 Å². The maximum Gasteiger partial charge on any atom is 0.224 e. The number of anilines is 1. The van der Waals surface area contributed by atoms with Crippen LogP contribution in [0.15, 0.2) is 24.3 Å². The SMILES string of the molecule is CCCOc1cccc(NC(=O)CCCC(=O)N(CCC)CCC)c1. The van der Waals surface area contributed by atoms with Gasteiger partial charge >= 0.3 is 0 Å². The Morgan fingerprint density at radius 1 is 1.04 bits per heavy atom. The summed E-state index contributed by atoms with van der Waals surface area (Å²) in [6.07, 6.45) is 4.20. The van der Waals surface area contributed by atoms with Crippen LogP contribution in [0.1, 0.15) is 59.3 Å². The van der Waals surface area contributed by atoms with E-state index in [4.69, 9.17) is 4.74 Å². The summed E-state index contributed by atoms with van der Waals surface area (Å²) in [4.78, 5) is 26.1. The highest BCUT2D eigenvalue weighted by atomic mass is 16.5. The van der Waals surface area contributed by atoms with Gasteiger partial charge in [-0.15, -0.1) is 0 Å². The molecule has 0 aliphatic rings. The molecule has 1 N–H and O–H groups in total. The molecule has 0 aromatic heterocycles. The number of nitrogens with one attached hydrogen (secondary N) is 1. The molecule has 5 heteroatoms. The topological polar surface area (TPSA) is 58.6 Å². The normalized spacial score (nSPS) is 10.4. The molecule has 0 bridgehead atoms. The van der Waals surface area contributed by atoms with E-state index < -0.39 is 0 Å². The van der Waals surface area contributed by atoms with Gasteiger partial charge in [-0.05, 0) is 37.8 Å². The Balaban J connectivity index is 2.38. The fourth-order valence-corrected chi connectivity index (χ4v) is 2.57. The molecule has 1 rings (SSSR count). The van der Waals surface area contributed by atoms with E-state index in [2.05, 4.69) is 26.1 Å². The van der Waals surface area contributed by atoms with Gasteiger partial charge in [0.1, 0.15) is 5.75 Å². The third-order valence-electron chi connectivity index (χ3n) is 3.72. The van der Waals surface area contributed by atoms with Gasteiger partial charge in [0, 0.05) is 37.7 Å². The summed E-state index contributed by atoms with van der Waals surface area (Å²) in [5, 5.41) is 2.87. The van der Waals surface area contributed by atoms with Crippen molar-refractivity contribution in [2.24, 2.45) is 0 Å². The highest BCUT2D eigenvalue weighted by Crippen LogP contribution is 2.18. The number of hydrogen-bond acceptors (Lipinski definition) is 3. The Morgan fingerprint density at radius 2 is 1.76 bits per heavy atom. The number of rotatable bonds is 12. The molecule has 0 radical (unpaired) electrons. The molecule has 0 spiro atoms. The van der Waals surface area contributed by atoms with E-state index in [0.717, 1.165) is 43.8 Å². The van der Waals surface area contributed by atoms with Crippen LogP contribution in [0.5, 0.6) is 5.75 Å². The maximum atomic E-state index is 12.2. The van der Waals surface area contributed by atoms with Crippen molar-refractivity contribution >= 4 is 17.5 Å². The van der Waals surface area contributed by atoms with Crippen LogP contribution >= 0.6 is 0 Å². The molecule has 0 saturated carbocycles. The third-order valence-corrected chi connectivity index (χ3v) is 3.72. The van der Waals surface area contributed by atoms with Crippen molar-refractivity contribution in [3.05, 3.63) is 24.3 Å². The average Bonchev–Trinajstić information content (AvgIpc) is 2.60. The number of nitrogens with zero attached hydrogens (tertiary/aromatic N) is 1. The Kier molecular flexibility index (Phi) is 10.4. The van der Waals surface area contributed by atoms with Gasteiger partial charge in [-0.1, -0.05) is 26.8 Å². The van der Waals surface area contributed by atoms with E-state index in [1.807, 2.05) is 29.2 Å². The van der Waals surface area contributed by atoms with Crippen LogP contribution in [-0.2, 0) is 9.59 Å².